The standard InChI is InChI=1S/C16H30N4O3.H2S/c1-4-5-6-13(7-8-21)19-15-14(11-18-16(17)20-15)23-10-9-22-12(2)3;/h11-13,21H,4-10H2,1-3H3,(H3,17,18,19,20);1H2/t13-;/m0./s1. The summed E-state index contributed by atoms with van der Waals surface area (Å²) in [7, 11) is 0. The fourth-order valence-corrected chi connectivity index (χ4v) is 2.12. The first-order valence-electron chi connectivity index (χ1n) is 8.31. The minimum atomic E-state index is 0. The molecule has 0 aromatic carbocycles. The summed E-state index contributed by atoms with van der Waals surface area (Å²) in [5.74, 6) is 1.30. The largest absolute Gasteiger partial charge is 0.486 e. The van der Waals surface area contributed by atoms with Crippen LogP contribution in [0.5, 0.6) is 5.75 Å². The SMILES string of the molecule is CCCC[C@@H](CCO)Nc1nc(N)ncc1OCCOC(C)C.S. The molecule has 24 heavy (non-hydrogen) atoms. The predicted octanol–water partition coefficient (Wildman–Crippen LogP) is 2.33. The molecule has 0 aliphatic heterocycles. The van der Waals surface area contributed by atoms with Crippen molar-refractivity contribution >= 4 is 25.3 Å². The molecule has 7 nitrogen and oxygen atoms in total. The van der Waals surface area contributed by atoms with Crippen molar-refractivity contribution in [2.45, 2.75) is 58.6 Å². The number of aliphatic hydroxyl groups is 1. The maximum Gasteiger partial charge on any atom is 0.222 e. The third-order valence-corrected chi connectivity index (χ3v) is 3.29. The molecule has 0 amide bonds. The van der Waals surface area contributed by atoms with Crippen LogP contribution in [0, 0.1) is 0 Å². The number of hydrogen-bond acceptors (Lipinski definition) is 7. The van der Waals surface area contributed by atoms with Crippen molar-refractivity contribution in [3.63, 3.8) is 0 Å². The molecular weight excluding hydrogens is 328 g/mol. The highest BCUT2D eigenvalue weighted by molar-refractivity contribution is 7.59. The summed E-state index contributed by atoms with van der Waals surface area (Å²) >= 11 is 0. The van der Waals surface area contributed by atoms with Gasteiger partial charge in [-0.25, -0.2) is 4.98 Å². The zero-order valence-corrected chi connectivity index (χ0v) is 15.9. The summed E-state index contributed by atoms with van der Waals surface area (Å²) in [4.78, 5) is 8.21. The molecule has 0 aliphatic carbocycles. The Morgan fingerprint density at radius 2 is 2.04 bits per heavy atom. The monoisotopic (exact) mass is 360 g/mol. The van der Waals surface area contributed by atoms with Crippen molar-refractivity contribution in [2.75, 3.05) is 30.9 Å². The van der Waals surface area contributed by atoms with Crippen LogP contribution in [-0.2, 0) is 4.74 Å². The van der Waals surface area contributed by atoms with E-state index in [-0.39, 0.29) is 38.2 Å². The first-order valence-corrected chi connectivity index (χ1v) is 8.31. The molecular formula is C16H32N4O3S. The van der Waals surface area contributed by atoms with Crippen molar-refractivity contribution in [3.8, 4) is 5.75 Å². The van der Waals surface area contributed by atoms with Gasteiger partial charge in [-0.05, 0) is 26.7 Å². The summed E-state index contributed by atoms with van der Waals surface area (Å²) in [5.41, 5.74) is 5.68. The molecule has 1 aromatic heterocycles. The Labute approximate surface area is 151 Å². The van der Waals surface area contributed by atoms with Gasteiger partial charge in [-0.15, -0.1) is 0 Å². The molecule has 1 heterocycles. The lowest BCUT2D eigenvalue weighted by atomic mass is 10.1. The number of nitrogen functional groups attached to an aromatic ring is 1. The van der Waals surface area contributed by atoms with Crippen LogP contribution < -0.4 is 15.8 Å². The number of nitrogens with two attached hydrogens (primary N) is 1. The highest BCUT2D eigenvalue weighted by Gasteiger charge is 2.13. The Morgan fingerprint density at radius 3 is 2.67 bits per heavy atom. The lowest BCUT2D eigenvalue weighted by Crippen LogP contribution is -2.23. The van der Waals surface area contributed by atoms with Gasteiger partial charge < -0.3 is 25.6 Å². The molecule has 4 N–H and O–H groups in total. The molecule has 0 aliphatic rings. The van der Waals surface area contributed by atoms with E-state index in [1.54, 1.807) is 6.20 Å². The first-order chi connectivity index (χ1) is 11.1. The lowest BCUT2D eigenvalue weighted by Gasteiger charge is -2.20. The number of hydrogen-bond donors (Lipinski definition) is 3. The van der Waals surface area contributed by atoms with Gasteiger partial charge >= 0.3 is 0 Å². The molecule has 0 spiro atoms. The molecule has 0 saturated carbocycles. The average molecular weight is 361 g/mol. The highest BCUT2D eigenvalue weighted by Crippen LogP contribution is 2.24. The van der Waals surface area contributed by atoms with Gasteiger partial charge in [-0.3, -0.25) is 0 Å². The number of aliphatic hydroxyl groups excluding tert-OH is 1. The van der Waals surface area contributed by atoms with E-state index in [2.05, 4.69) is 22.2 Å². The summed E-state index contributed by atoms with van der Waals surface area (Å²) in [6, 6.07) is 0.128. The Hall–Kier alpha value is -1.25. The van der Waals surface area contributed by atoms with E-state index < -0.39 is 0 Å². The van der Waals surface area contributed by atoms with Gasteiger partial charge in [0.15, 0.2) is 11.6 Å². The number of anilines is 2. The summed E-state index contributed by atoms with van der Waals surface area (Å²) in [6.45, 7) is 7.14. The summed E-state index contributed by atoms with van der Waals surface area (Å²) in [5, 5.41) is 12.5. The van der Waals surface area contributed by atoms with Gasteiger partial charge in [0.25, 0.3) is 0 Å². The van der Waals surface area contributed by atoms with Gasteiger partial charge in [-0.1, -0.05) is 19.8 Å². The molecule has 1 aromatic rings. The van der Waals surface area contributed by atoms with Crippen molar-refractivity contribution in [1.29, 1.82) is 0 Å². The minimum absolute atomic E-state index is 0. The number of ether oxygens (including phenoxy) is 2. The average Bonchev–Trinajstić information content (AvgIpc) is 2.51. The fourth-order valence-electron chi connectivity index (χ4n) is 2.12. The van der Waals surface area contributed by atoms with E-state index in [0.717, 1.165) is 19.3 Å². The number of rotatable bonds is 12. The predicted molar refractivity (Wildman–Crippen MR) is 102 cm³/mol. The third-order valence-electron chi connectivity index (χ3n) is 3.29. The van der Waals surface area contributed by atoms with E-state index >= 15 is 0 Å². The zero-order valence-electron chi connectivity index (χ0n) is 14.9. The minimum Gasteiger partial charge on any atom is -0.486 e. The van der Waals surface area contributed by atoms with Crippen molar-refractivity contribution in [3.05, 3.63) is 6.20 Å². The molecule has 1 rings (SSSR count). The van der Waals surface area contributed by atoms with Crippen LogP contribution in [0.15, 0.2) is 6.20 Å². The van der Waals surface area contributed by atoms with Crippen LogP contribution in [-0.4, -0.2) is 47.0 Å². The maximum atomic E-state index is 9.22. The van der Waals surface area contributed by atoms with Crippen LogP contribution in [0.1, 0.15) is 46.5 Å². The van der Waals surface area contributed by atoms with Gasteiger partial charge in [0, 0.05) is 12.6 Å². The van der Waals surface area contributed by atoms with E-state index in [0.29, 0.717) is 31.2 Å². The number of nitrogens with zero attached hydrogens (tertiary/aromatic N) is 2. The second-order valence-electron chi connectivity index (χ2n) is 5.70. The molecule has 0 unspecified atom stereocenters. The number of nitrogens with one attached hydrogen (secondary N) is 1. The topological polar surface area (TPSA) is 103 Å². The smallest absolute Gasteiger partial charge is 0.222 e. The Bertz CT molecular complexity index is 449. The molecule has 0 bridgehead atoms. The summed E-state index contributed by atoms with van der Waals surface area (Å²) in [6.07, 6.45) is 5.52. The number of aromatic nitrogens is 2. The molecule has 8 heteroatoms. The molecule has 0 radical (unpaired) electrons. The maximum absolute atomic E-state index is 9.22. The molecule has 0 fully saturated rings. The zero-order chi connectivity index (χ0) is 17.1. The summed E-state index contributed by atoms with van der Waals surface area (Å²) < 4.78 is 11.2. The fraction of sp³-hybridized carbons (Fsp3) is 0.750. The van der Waals surface area contributed by atoms with Crippen LogP contribution in [0.2, 0.25) is 0 Å². The second kappa shape index (κ2) is 13.1. The van der Waals surface area contributed by atoms with Crippen molar-refractivity contribution in [1.82, 2.24) is 9.97 Å². The van der Waals surface area contributed by atoms with Crippen molar-refractivity contribution in [2.24, 2.45) is 0 Å². The Morgan fingerprint density at radius 1 is 1.29 bits per heavy atom. The molecule has 1 atom stereocenters. The van der Waals surface area contributed by atoms with Crippen molar-refractivity contribution < 1.29 is 14.6 Å². The van der Waals surface area contributed by atoms with Gasteiger partial charge in [0.2, 0.25) is 5.95 Å². The molecule has 0 saturated heterocycles. The van der Waals surface area contributed by atoms with Gasteiger partial charge in [0.05, 0.1) is 18.9 Å². The third kappa shape index (κ3) is 9.14. The van der Waals surface area contributed by atoms with E-state index in [1.165, 1.54) is 0 Å². The first kappa shape index (κ1) is 22.8. The van der Waals surface area contributed by atoms with Crippen LogP contribution in [0.25, 0.3) is 0 Å². The van der Waals surface area contributed by atoms with E-state index in [9.17, 15) is 5.11 Å². The lowest BCUT2D eigenvalue weighted by molar-refractivity contribution is 0.0553. The van der Waals surface area contributed by atoms with E-state index in [4.69, 9.17) is 15.2 Å². The van der Waals surface area contributed by atoms with Gasteiger partial charge in [0.1, 0.15) is 6.61 Å². The quantitative estimate of drug-likeness (QED) is 0.492. The Balaban J connectivity index is 0.00000529. The highest BCUT2D eigenvalue weighted by atomic mass is 32.1. The second-order valence-corrected chi connectivity index (χ2v) is 5.70. The van der Waals surface area contributed by atoms with Crippen LogP contribution >= 0.6 is 13.5 Å². The van der Waals surface area contributed by atoms with Gasteiger partial charge in [-0.2, -0.15) is 18.5 Å². The normalized spacial score (nSPS) is 11.9. The van der Waals surface area contributed by atoms with Crippen LogP contribution in [0.4, 0.5) is 11.8 Å². The van der Waals surface area contributed by atoms with Crippen LogP contribution in [0.3, 0.4) is 0 Å². The number of unbranched alkanes of at least 4 members (excludes halogenated alkanes) is 1. The molecule has 140 valence electrons. The Kier molecular flexibility index (Phi) is 12.4. The van der Waals surface area contributed by atoms with E-state index in [1.807, 2.05) is 13.8 Å².